The van der Waals surface area contributed by atoms with Gasteiger partial charge in [0.2, 0.25) is 0 Å². The molecule has 0 unspecified atom stereocenters. The molecule has 84 valence electrons. The maximum absolute atomic E-state index is 12.2. The van der Waals surface area contributed by atoms with Crippen LogP contribution in [0.15, 0.2) is 64.4 Å². The van der Waals surface area contributed by atoms with Gasteiger partial charge in [-0.15, -0.1) is 24.4 Å². The second-order valence-corrected chi connectivity index (χ2v) is 4.39. The molecule has 0 aromatic heterocycles. The molecule has 0 N–H and O–H groups in total. The summed E-state index contributed by atoms with van der Waals surface area (Å²) in [6.45, 7) is 0. The summed E-state index contributed by atoms with van der Waals surface area (Å²) >= 11 is 5.70. The molecular formula is C13H13FS2. The summed E-state index contributed by atoms with van der Waals surface area (Å²) in [6.07, 6.45) is 1.97. The predicted octanol–water partition coefficient (Wildman–Crippen LogP) is 4.52. The van der Waals surface area contributed by atoms with Crippen LogP contribution >= 0.6 is 24.4 Å². The minimum absolute atomic E-state index is 0.173. The van der Waals surface area contributed by atoms with Gasteiger partial charge in [-0.25, -0.2) is 4.39 Å². The largest absolute Gasteiger partial charge is 0.207 e. The van der Waals surface area contributed by atoms with Gasteiger partial charge in [0.05, 0.1) is 0 Å². The van der Waals surface area contributed by atoms with Crippen molar-refractivity contribution >= 4 is 24.4 Å². The highest BCUT2D eigenvalue weighted by atomic mass is 32.2. The molecule has 0 fully saturated rings. The minimum atomic E-state index is -0.173. The van der Waals surface area contributed by atoms with Crippen LogP contribution in [0.4, 0.5) is 4.39 Å². The molecule has 0 aliphatic rings. The van der Waals surface area contributed by atoms with Crippen LogP contribution in [0, 0.1) is 5.82 Å². The van der Waals surface area contributed by atoms with Crippen molar-refractivity contribution in [2.45, 2.75) is 9.79 Å². The molecule has 0 spiro atoms. The van der Waals surface area contributed by atoms with Gasteiger partial charge in [-0.2, -0.15) is 0 Å². The summed E-state index contributed by atoms with van der Waals surface area (Å²) in [5.74, 6) is -0.173. The second kappa shape index (κ2) is 7.36. The van der Waals surface area contributed by atoms with Crippen molar-refractivity contribution in [1.29, 1.82) is 0 Å². The maximum Gasteiger partial charge on any atom is 0.123 e. The third kappa shape index (κ3) is 5.24. The minimum Gasteiger partial charge on any atom is -0.207 e. The third-order valence-electron chi connectivity index (χ3n) is 1.81. The molecule has 0 amide bonds. The van der Waals surface area contributed by atoms with E-state index >= 15 is 0 Å². The Labute approximate surface area is 105 Å². The summed E-state index contributed by atoms with van der Waals surface area (Å²) in [5.41, 5.74) is 0. The lowest BCUT2D eigenvalue weighted by Crippen LogP contribution is -1.71. The van der Waals surface area contributed by atoms with Crippen LogP contribution < -0.4 is 0 Å². The normalized spacial score (nSPS) is 9.19. The Balaban J connectivity index is 0.000000165. The molecule has 3 heteroatoms. The van der Waals surface area contributed by atoms with Crippen molar-refractivity contribution in [2.75, 3.05) is 6.26 Å². The highest BCUT2D eigenvalue weighted by Gasteiger charge is 1.88. The van der Waals surface area contributed by atoms with Crippen LogP contribution in [0.2, 0.25) is 0 Å². The number of thiol groups is 1. The SMILES string of the molecule is CSc1ccc(F)cc1.Sc1ccccc1. The zero-order valence-corrected chi connectivity index (χ0v) is 10.6. The Morgan fingerprint density at radius 2 is 1.50 bits per heavy atom. The Bertz CT molecular complexity index is 398. The number of rotatable bonds is 1. The number of benzene rings is 2. The molecule has 0 heterocycles. The van der Waals surface area contributed by atoms with Gasteiger partial charge in [0, 0.05) is 9.79 Å². The maximum atomic E-state index is 12.2. The molecule has 0 aliphatic carbocycles. The predicted molar refractivity (Wildman–Crippen MR) is 71.9 cm³/mol. The van der Waals surface area contributed by atoms with Gasteiger partial charge in [-0.3, -0.25) is 0 Å². The zero-order valence-electron chi connectivity index (χ0n) is 8.93. The van der Waals surface area contributed by atoms with Crippen molar-refractivity contribution in [3.05, 3.63) is 60.4 Å². The van der Waals surface area contributed by atoms with E-state index in [-0.39, 0.29) is 5.82 Å². The van der Waals surface area contributed by atoms with Crippen LogP contribution in [-0.4, -0.2) is 6.26 Å². The number of hydrogen-bond donors (Lipinski definition) is 1. The van der Waals surface area contributed by atoms with E-state index in [4.69, 9.17) is 0 Å². The molecule has 2 aromatic carbocycles. The first-order valence-electron chi connectivity index (χ1n) is 4.76. The van der Waals surface area contributed by atoms with E-state index in [1.807, 2.05) is 36.6 Å². The standard InChI is InChI=1S/C7H7FS.C6H6S/c1-9-7-4-2-6(8)3-5-7;7-6-4-2-1-3-5-6/h2-5H,1H3;1-5,7H. The first-order chi connectivity index (χ1) is 7.72. The first-order valence-corrected chi connectivity index (χ1v) is 6.43. The van der Waals surface area contributed by atoms with Crippen LogP contribution in [-0.2, 0) is 0 Å². The quantitative estimate of drug-likeness (QED) is 0.575. The molecule has 2 aromatic rings. The van der Waals surface area contributed by atoms with E-state index in [0.29, 0.717) is 0 Å². The topological polar surface area (TPSA) is 0 Å². The Morgan fingerprint density at radius 1 is 0.938 bits per heavy atom. The fourth-order valence-corrected chi connectivity index (χ4v) is 1.58. The van der Waals surface area contributed by atoms with Crippen molar-refractivity contribution in [2.24, 2.45) is 0 Å². The molecule has 0 nitrogen and oxygen atoms in total. The fourth-order valence-electron chi connectivity index (χ4n) is 0.999. The zero-order chi connectivity index (χ0) is 11.8. The van der Waals surface area contributed by atoms with Gasteiger partial charge in [-0.05, 0) is 42.7 Å². The molecule has 2 rings (SSSR count). The molecule has 16 heavy (non-hydrogen) atoms. The highest BCUT2D eigenvalue weighted by molar-refractivity contribution is 7.98. The average Bonchev–Trinajstić information content (AvgIpc) is 2.32. The summed E-state index contributed by atoms with van der Waals surface area (Å²) in [4.78, 5) is 2.11. The molecule has 0 saturated heterocycles. The molecule has 0 bridgehead atoms. The van der Waals surface area contributed by atoms with Crippen LogP contribution in [0.3, 0.4) is 0 Å². The second-order valence-electron chi connectivity index (χ2n) is 2.99. The molecule has 0 aliphatic heterocycles. The summed E-state index contributed by atoms with van der Waals surface area (Å²) < 4.78 is 12.2. The Morgan fingerprint density at radius 3 is 1.88 bits per heavy atom. The van der Waals surface area contributed by atoms with E-state index in [1.165, 1.54) is 12.1 Å². The van der Waals surface area contributed by atoms with Gasteiger partial charge in [0.15, 0.2) is 0 Å². The Kier molecular flexibility index (Phi) is 6.04. The van der Waals surface area contributed by atoms with Gasteiger partial charge >= 0.3 is 0 Å². The van der Waals surface area contributed by atoms with E-state index in [9.17, 15) is 4.39 Å². The lowest BCUT2D eigenvalue weighted by Gasteiger charge is -1.91. The monoisotopic (exact) mass is 252 g/mol. The summed E-state index contributed by atoms with van der Waals surface area (Å²) in [6, 6.07) is 16.2. The van der Waals surface area contributed by atoms with Gasteiger partial charge in [0.1, 0.15) is 5.82 Å². The average molecular weight is 252 g/mol. The molecule has 0 atom stereocenters. The van der Waals surface area contributed by atoms with E-state index in [0.717, 1.165) is 9.79 Å². The van der Waals surface area contributed by atoms with Crippen LogP contribution in [0.5, 0.6) is 0 Å². The Hall–Kier alpha value is -0.930. The summed E-state index contributed by atoms with van der Waals surface area (Å²) in [5, 5.41) is 0. The number of thioether (sulfide) groups is 1. The third-order valence-corrected chi connectivity index (χ3v) is 2.85. The van der Waals surface area contributed by atoms with Crippen molar-refractivity contribution in [3.8, 4) is 0 Å². The lowest BCUT2D eigenvalue weighted by molar-refractivity contribution is 0.626. The molecular weight excluding hydrogens is 239 g/mol. The molecule has 0 radical (unpaired) electrons. The van der Waals surface area contributed by atoms with Crippen LogP contribution in [0.25, 0.3) is 0 Å². The van der Waals surface area contributed by atoms with Crippen LogP contribution in [0.1, 0.15) is 0 Å². The van der Waals surface area contributed by atoms with Gasteiger partial charge < -0.3 is 0 Å². The van der Waals surface area contributed by atoms with Crippen molar-refractivity contribution in [1.82, 2.24) is 0 Å². The summed E-state index contributed by atoms with van der Waals surface area (Å²) in [7, 11) is 0. The van der Waals surface area contributed by atoms with E-state index < -0.39 is 0 Å². The first kappa shape index (κ1) is 13.1. The fraction of sp³-hybridized carbons (Fsp3) is 0.0769. The highest BCUT2D eigenvalue weighted by Crippen LogP contribution is 2.13. The lowest BCUT2D eigenvalue weighted by atomic mass is 10.4. The number of halogens is 1. The van der Waals surface area contributed by atoms with E-state index in [2.05, 4.69) is 12.6 Å². The number of hydrogen-bond acceptors (Lipinski definition) is 2. The van der Waals surface area contributed by atoms with Gasteiger partial charge in [0.25, 0.3) is 0 Å². The smallest absolute Gasteiger partial charge is 0.123 e. The van der Waals surface area contributed by atoms with Crippen molar-refractivity contribution < 1.29 is 4.39 Å². The molecule has 0 saturated carbocycles. The van der Waals surface area contributed by atoms with E-state index in [1.54, 1.807) is 23.9 Å². The van der Waals surface area contributed by atoms with Gasteiger partial charge in [-0.1, -0.05) is 18.2 Å². The van der Waals surface area contributed by atoms with Crippen molar-refractivity contribution in [3.63, 3.8) is 0 Å².